The van der Waals surface area contributed by atoms with Crippen molar-refractivity contribution in [2.75, 3.05) is 52.9 Å². The molecule has 0 radical (unpaired) electrons. The molecule has 6 nitrogen and oxygen atoms in total. The first-order valence-electron chi connectivity index (χ1n) is 11.9. The van der Waals surface area contributed by atoms with E-state index in [9.17, 15) is 0 Å². The minimum Gasteiger partial charge on any atom is -0.457 e. The number of piperazine rings is 1. The minimum atomic E-state index is 0.657. The van der Waals surface area contributed by atoms with Crippen molar-refractivity contribution in [3.63, 3.8) is 0 Å². The molecule has 1 aliphatic rings. The maximum atomic E-state index is 6.13. The first kappa shape index (κ1) is 24.1. The number of nitrogens with one attached hydrogen (secondary N) is 2. The molecule has 0 atom stereocenters. The van der Waals surface area contributed by atoms with Crippen molar-refractivity contribution in [2.45, 2.75) is 33.2 Å². The van der Waals surface area contributed by atoms with Crippen LogP contribution in [0.2, 0.25) is 0 Å². The number of unbranched alkanes of at least 4 members (excludes halogenated alkanes) is 1. The summed E-state index contributed by atoms with van der Waals surface area (Å²) in [4.78, 5) is 9.49. The lowest BCUT2D eigenvalue weighted by Gasteiger charge is -2.34. The minimum absolute atomic E-state index is 0.657. The van der Waals surface area contributed by atoms with Gasteiger partial charge in [0.1, 0.15) is 11.5 Å². The summed E-state index contributed by atoms with van der Waals surface area (Å²) in [6.07, 6.45) is 2.35. The monoisotopic (exact) mass is 437 g/mol. The van der Waals surface area contributed by atoms with Crippen LogP contribution in [0.4, 0.5) is 0 Å². The number of hydrogen-bond acceptors (Lipinski definition) is 4. The van der Waals surface area contributed by atoms with Gasteiger partial charge in [0.05, 0.1) is 0 Å². The number of aryl methyl sites for hydroxylation is 1. The quantitative estimate of drug-likeness (QED) is 0.336. The highest BCUT2D eigenvalue weighted by molar-refractivity contribution is 5.79. The number of nitrogens with zero attached hydrogens (tertiary/aromatic N) is 3. The number of rotatable bonds is 10. The van der Waals surface area contributed by atoms with Crippen LogP contribution in [-0.4, -0.2) is 68.6 Å². The SMILES string of the molecule is CCN1CCN(CCCCNC(=NC)NCc2ccc(C)cc2Oc2ccccc2)CC1. The predicted octanol–water partition coefficient (Wildman–Crippen LogP) is 3.87. The lowest BCUT2D eigenvalue weighted by Crippen LogP contribution is -2.46. The van der Waals surface area contributed by atoms with E-state index in [1.54, 1.807) is 0 Å². The van der Waals surface area contributed by atoms with Crippen LogP contribution in [0.5, 0.6) is 11.5 Å². The first-order valence-corrected chi connectivity index (χ1v) is 11.9. The van der Waals surface area contributed by atoms with E-state index >= 15 is 0 Å². The summed E-state index contributed by atoms with van der Waals surface area (Å²) < 4.78 is 6.13. The van der Waals surface area contributed by atoms with Crippen molar-refractivity contribution in [3.8, 4) is 11.5 Å². The van der Waals surface area contributed by atoms with Gasteiger partial charge in [-0.2, -0.15) is 0 Å². The third-order valence-corrected chi connectivity index (χ3v) is 5.97. The highest BCUT2D eigenvalue weighted by Gasteiger charge is 2.14. The van der Waals surface area contributed by atoms with Gasteiger partial charge in [-0.25, -0.2) is 0 Å². The molecule has 2 aromatic carbocycles. The van der Waals surface area contributed by atoms with Gasteiger partial charge in [0.2, 0.25) is 0 Å². The zero-order valence-corrected chi connectivity index (χ0v) is 19.9. The van der Waals surface area contributed by atoms with Crippen molar-refractivity contribution in [1.29, 1.82) is 0 Å². The fourth-order valence-corrected chi connectivity index (χ4v) is 3.91. The standard InChI is InChI=1S/C26H39N5O/c1-4-30-16-18-31(19-17-30)15-9-8-14-28-26(27-3)29-21-23-13-12-22(2)20-25(23)32-24-10-6-5-7-11-24/h5-7,10-13,20H,4,8-9,14-19,21H2,1-3H3,(H2,27,28,29). The summed E-state index contributed by atoms with van der Waals surface area (Å²) in [5.74, 6) is 2.55. The fourth-order valence-electron chi connectivity index (χ4n) is 3.91. The maximum absolute atomic E-state index is 6.13. The van der Waals surface area contributed by atoms with Crippen molar-refractivity contribution in [1.82, 2.24) is 20.4 Å². The Labute approximate surface area is 193 Å². The van der Waals surface area contributed by atoms with Gasteiger partial charge < -0.3 is 25.2 Å². The van der Waals surface area contributed by atoms with E-state index in [1.165, 1.54) is 51.3 Å². The Morgan fingerprint density at radius 3 is 2.44 bits per heavy atom. The summed E-state index contributed by atoms with van der Waals surface area (Å²) in [6, 6.07) is 16.2. The number of ether oxygens (including phenoxy) is 1. The highest BCUT2D eigenvalue weighted by Crippen LogP contribution is 2.26. The van der Waals surface area contributed by atoms with Crippen molar-refractivity contribution in [3.05, 3.63) is 59.7 Å². The van der Waals surface area contributed by atoms with E-state index in [0.29, 0.717) is 6.54 Å². The van der Waals surface area contributed by atoms with Gasteiger partial charge in [-0.1, -0.05) is 37.3 Å². The largest absolute Gasteiger partial charge is 0.457 e. The van der Waals surface area contributed by atoms with Crippen molar-refractivity contribution in [2.24, 2.45) is 4.99 Å². The normalized spacial score (nSPS) is 15.5. The van der Waals surface area contributed by atoms with Gasteiger partial charge in [-0.3, -0.25) is 4.99 Å². The fraction of sp³-hybridized carbons (Fsp3) is 0.500. The number of para-hydroxylation sites is 1. The molecule has 0 saturated carbocycles. The summed E-state index contributed by atoms with van der Waals surface area (Å²) >= 11 is 0. The number of likely N-dealkylation sites (N-methyl/N-ethyl adjacent to an activating group) is 1. The third kappa shape index (κ3) is 7.84. The summed E-state index contributed by atoms with van der Waals surface area (Å²) in [5.41, 5.74) is 2.28. The Hall–Kier alpha value is -2.57. The summed E-state index contributed by atoms with van der Waals surface area (Å²) in [5, 5.41) is 6.87. The van der Waals surface area contributed by atoms with Crippen LogP contribution in [0.25, 0.3) is 0 Å². The number of guanidine groups is 1. The van der Waals surface area contributed by atoms with Crippen LogP contribution >= 0.6 is 0 Å². The van der Waals surface area contributed by atoms with Gasteiger partial charge >= 0.3 is 0 Å². The zero-order chi connectivity index (χ0) is 22.6. The maximum Gasteiger partial charge on any atom is 0.191 e. The molecule has 1 saturated heterocycles. The van der Waals surface area contributed by atoms with Gasteiger partial charge in [0.15, 0.2) is 5.96 Å². The van der Waals surface area contributed by atoms with Crippen LogP contribution in [0.3, 0.4) is 0 Å². The molecule has 0 unspecified atom stereocenters. The molecule has 1 aliphatic heterocycles. The second-order valence-corrected chi connectivity index (χ2v) is 8.36. The summed E-state index contributed by atoms with van der Waals surface area (Å²) in [6.45, 7) is 13.1. The molecular weight excluding hydrogens is 398 g/mol. The van der Waals surface area contributed by atoms with E-state index in [4.69, 9.17) is 4.74 Å². The van der Waals surface area contributed by atoms with Crippen LogP contribution in [0.1, 0.15) is 30.9 Å². The smallest absolute Gasteiger partial charge is 0.191 e. The Balaban J connectivity index is 1.40. The predicted molar refractivity (Wildman–Crippen MR) is 134 cm³/mol. The van der Waals surface area contributed by atoms with E-state index in [-0.39, 0.29) is 0 Å². The molecule has 0 aromatic heterocycles. The molecule has 6 heteroatoms. The van der Waals surface area contributed by atoms with Crippen LogP contribution < -0.4 is 15.4 Å². The third-order valence-electron chi connectivity index (χ3n) is 5.97. The van der Waals surface area contributed by atoms with Crippen molar-refractivity contribution >= 4 is 5.96 Å². The molecule has 1 fully saturated rings. The van der Waals surface area contributed by atoms with Gasteiger partial charge in [0.25, 0.3) is 0 Å². The second-order valence-electron chi connectivity index (χ2n) is 8.36. The number of benzene rings is 2. The average molecular weight is 438 g/mol. The van der Waals surface area contributed by atoms with Crippen LogP contribution in [0, 0.1) is 6.92 Å². The second kappa shape index (κ2) is 13.1. The average Bonchev–Trinajstić information content (AvgIpc) is 2.83. The molecule has 174 valence electrons. The van der Waals surface area contributed by atoms with Crippen LogP contribution in [-0.2, 0) is 6.54 Å². The first-order chi connectivity index (χ1) is 15.7. The van der Waals surface area contributed by atoms with E-state index in [0.717, 1.165) is 36.0 Å². The molecule has 32 heavy (non-hydrogen) atoms. The number of hydrogen-bond donors (Lipinski definition) is 2. The molecule has 1 heterocycles. The highest BCUT2D eigenvalue weighted by atomic mass is 16.5. The Morgan fingerprint density at radius 1 is 0.969 bits per heavy atom. The molecule has 0 spiro atoms. The zero-order valence-electron chi connectivity index (χ0n) is 19.9. The van der Waals surface area contributed by atoms with Gasteiger partial charge in [-0.15, -0.1) is 0 Å². The van der Waals surface area contributed by atoms with Crippen molar-refractivity contribution < 1.29 is 4.74 Å². The lowest BCUT2D eigenvalue weighted by atomic mass is 10.1. The Kier molecular flexibility index (Phi) is 9.85. The lowest BCUT2D eigenvalue weighted by molar-refractivity contribution is 0.136. The van der Waals surface area contributed by atoms with E-state index in [1.807, 2.05) is 37.4 Å². The Morgan fingerprint density at radius 2 is 1.72 bits per heavy atom. The number of aliphatic imine (C=N–C) groups is 1. The molecule has 0 aliphatic carbocycles. The van der Waals surface area contributed by atoms with E-state index < -0.39 is 0 Å². The molecule has 0 amide bonds. The molecular formula is C26H39N5O. The molecule has 3 rings (SSSR count). The molecule has 0 bridgehead atoms. The van der Waals surface area contributed by atoms with Crippen LogP contribution in [0.15, 0.2) is 53.5 Å². The topological polar surface area (TPSA) is 52.1 Å². The van der Waals surface area contributed by atoms with Gasteiger partial charge in [0, 0.05) is 51.9 Å². The molecule has 2 aromatic rings. The van der Waals surface area contributed by atoms with E-state index in [2.05, 4.69) is 57.5 Å². The molecule has 2 N–H and O–H groups in total. The summed E-state index contributed by atoms with van der Waals surface area (Å²) in [7, 11) is 1.82. The van der Waals surface area contributed by atoms with Gasteiger partial charge in [-0.05, 0) is 56.6 Å². The Bertz CT molecular complexity index is 831.